The first-order valence-electron chi connectivity index (χ1n) is 9.58. The molecule has 1 aromatic carbocycles. The molecule has 7 heteroatoms. The number of methoxy groups -OCH3 is 1. The van der Waals surface area contributed by atoms with E-state index in [4.69, 9.17) is 9.47 Å². The van der Waals surface area contributed by atoms with Gasteiger partial charge in [0.2, 0.25) is 0 Å². The van der Waals surface area contributed by atoms with E-state index in [0.29, 0.717) is 11.6 Å². The van der Waals surface area contributed by atoms with Gasteiger partial charge in [-0.1, -0.05) is 6.07 Å². The van der Waals surface area contributed by atoms with Crippen molar-refractivity contribution in [3.8, 4) is 22.6 Å². The number of nitrogens with one attached hydrogen (secondary N) is 1. The fourth-order valence-corrected chi connectivity index (χ4v) is 3.63. The minimum absolute atomic E-state index is 0.232. The molecule has 0 aliphatic heterocycles. The summed E-state index contributed by atoms with van der Waals surface area (Å²) in [4.78, 5) is 23.7. The first-order chi connectivity index (χ1) is 13.7. The van der Waals surface area contributed by atoms with Crippen molar-refractivity contribution in [2.45, 2.75) is 44.8 Å². The van der Waals surface area contributed by atoms with Crippen LogP contribution < -0.4 is 15.2 Å². The summed E-state index contributed by atoms with van der Waals surface area (Å²) in [5, 5.41) is 0. The number of nitrogens with zero attached hydrogens (tertiary/aromatic N) is 3. The van der Waals surface area contributed by atoms with E-state index in [0.717, 1.165) is 29.7 Å². The second-order valence-electron chi connectivity index (χ2n) is 7.07. The molecule has 4 rings (SSSR count). The maximum absolute atomic E-state index is 12.3. The van der Waals surface area contributed by atoms with Crippen molar-refractivity contribution in [3.63, 3.8) is 0 Å². The van der Waals surface area contributed by atoms with Gasteiger partial charge in [0.15, 0.2) is 11.5 Å². The third-order valence-corrected chi connectivity index (χ3v) is 5.24. The van der Waals surface area contributed by atoms with Crippen LogP contribution in [0.3, 0.4) is 0 Å². The number of imidazole rings is 1. The minimum Gasteiger partial charge on any atom is -0.493 e. The number of hydrogen-bond donors (Lipinski definition) is 1. The van der Waals surface area contributed by atoms with Crippen LogP contribution in [0, 0.1) is 0 Å². The summed E-state index contributed by atoms with van der Waals surface area (Å²) < 4.78 is 13.2. The fraction of sp³-hybridized carbons (Fsp3) is 0.381. The summed E-state index contributed by atoms with van der Waals surface area (Å²) in [6, 6.07) is 5.55. The maximum Gasteiger partial charge on any atom is 0.348 e. The molecule has 0 saturated heterocycles. The largest absolute Gasteiger partial charge is 0.493 e. The molecule has 2 heterocycles. The molecule has 1 atom stereocenters. The monoisotopic (exact) mass is 380 g/mol. The summed E-state index contributed by atoms with van der Waals surface area (Å²) in [6.45, 7) is 1.91. The molecular formula is C21H24N4O3. The highest BCUT2D eigenvalue weighted by Crippen LogP contribution is 2.35. The molecule has 0 radical (unpaired) electrons. The van der Waals surface area contributed by atoms with E-state index in [1.165, 1.54) is 12.8 Å². The molecular weight excluding hydrogens is 356 g/mol. The van der Waals surface area contributed by atoms with E-state index in [9.17, 15) is 4.79 Å². The maximum atomic E-state index is 12.3. The van der Waals surface area contributed by atoms with E-state index in [1.807, 2.05) is 31.3 Å². The van der Waals surface area contributed by atoms with Crippen molar-refractivity contribution in [2.24, 2.45) is 0 Å². The van der Waals surface area contributed by atoms with Crippen LogP contribution in [0.1, 0.15) is 44.5 Å². The fourth-order valence-electron chi connectivity index (χ4n) is 3.63. The van der Waals surface area contributed by atoms with Crippen molar-refractivity contribution in [3.05, 3.63) is 59.3 Å². The molecule has 1 aliphatic carbocycles. The molecule has 2 aromatic heterocycles. The van der Waals surface area contributed by atoms with Gasteiger partial charge in [0.25, 0.3) is 0 Å². The Hall–Kier alpha value is -3.09. The van der Waals surface area contributed by atoms with Crippen molar-refractivity contribution in [2.75, 3.05) is 7.11 Å². The second-order valence-corrected chi connectivity index (χ2v) is 7.07. The summed E-state index contributed by atoms with van der Waals surface area (Å²) in [5.74, 6) is 2.14. The topological polar surface area (TPSA) is 82.0 Å². The Kier molecular flexibility index (Phi) is 5.14. The third-order valence-electron chi connectivity index (χ3n) is 5.24. The Morgan fingerprint density at radius 1 is 1.18 bits per heavy atom. The van der Waals surface area contributed by atoms with Crippen LogP contribution in [-0.2, 0) is 0 Å². The Bertz CT molecular complexity index is 991. The SMILES string of the molecule is COc1ccc(-c2cnc(=O)n(C(C)c3ncc[nH]3)c2)cc1OC1CCCC1. The van der Waals surface area contributed by atoms with Gasteiger partial charge in [0.1, 0.15) is 5.82 Å². The third kappa shape index (κ3) is 3.65. The standard InChI is InChI=1S/C21H24N4O3/c1-14(20-22-9-10-23-20)25-13-16(12-24-21(25)26)15-7-8-18(27-2)19(11-15)28-17-5-3-4-6-17/h7-14,17H,3-6H2,1-2H3,(H,22,23). The van der Waals surface area contributed by atoms with Crippen LogP contribution in [-0.4, -0.2) is 32.7 Å². The molecule has 146 valence electrons. The van der Waals surface area contributed by atoms with Crippen LogP contribution in [0.2, 0.25) is 0 Å². The molecule has 1 saturated carbocycles. The molecule has 7 nitrogen and oxygen atoms in total. The van der Waals surface area contributed by atoms with Crippen LogP contribution in [0.4, 0.5) is 0 Å². The molecule has 0 bridgehead atoms. The Morgan fingerprint density at radius 2 is 2.00 bits per heavy atom. The highest BCUT2D eigenvalue weighted by molar-refractivity contribution is 5.65. The predicted octanol–water partition coefficient (Wildman–Crippen LogP) is 3.57. The van der Waals surface area contributed by atoms with Crippen molar-refractivity contribution in [1.82, 2.24) is 19.5 Å². The number of H-pyrrole nitrogens is 1. The van der Waals surface area contributed by atoms with Crippen LogP contribution in [0.15, 0.2) is 47.8 Å². The lowest BCUT2D eigenvalue weighted by Crippen LogP contribution is -2.26. The molecule has 1 fully saturated rings. The zero-order valence-electron chi connectivity index (χ0n) is 16.1. The first kappa shape index (κ1) is 18.3. The smallest absolute Gasteiger partial charge is 0.348 e. The number of benzene rings is 1. The van der Waals surface area contributed by atoms with E-state index in [2.05, 4.69) is 15.0 Å². The Morgan fingerprint density at radius 3 is 2.71 bits per heavy atom. The second kappa shape index (κ2) is 7.88. The average Bonchev–Trinajstić information content (AvgIpc) is 3.42. The molecule has 28 heavy (non-hydrogen) atoms. The van der Waals surface area contributed by atoms with Gasteiger partial charge < -0.3 is 14.5 Å². The predicted molar refractivity (Wildman–Crippen MR) is 106 cm³/mol. The summed E-state index contributed by atoms with van der Waals surface area (Å²) in [5.41, 5.74) is 1.43. The zero-order valence-corrected chi connectivity index (χ0v) is 16.1. The lowest BCUT2D eigenvalue weighted by Gasteiger charge is -2.17. The van der Waals surface area contributed by atoms with Crippen LogP contribution in [0.5, 0.6) is 11.5 Å². The Labute approximate surface area is 163 Å². The molecule has 1 aliphatic rings. The normalized spacial score (nSPS) is 15.5. The van der Waals surface area contributed by atoms with E-state index in [-0.39, 0.29) is 17.8 Å². The number of hydrogen-bond acceptors (Lipinski definition) is 5. The number of rotatable bonds is 6. The van der Waals surface area contributed by atoms with Crippen LogP contribution in [0.25, 0.3) is 11.1 Å². The lowest BCUT2D eigenvalue weighted by molar-refractivity contribution is 0.201. The molecule has 0 amide bonds. The number of aromatic nitrogens is 4. The summed E-state index contributed by atoms with van der Waals surface area (Å²) in [6.07, 6.45) is 11.6. The summed E-state index contributed by atoms with van der Waals surface area (Å²) >= 11 is 0. The molecule has 1 N–H and O–H groups in total. The first-order valence-corrected chi connectivity index (χ1v) is 9.58. The van der Waals surface area contributed by atoms with Gasteiger partial charge in [-0.3, -0.25) is 4.57 Å². The molecule has 3 aromatic rings. The van der Waals surface area contributed by atoms with Crippen LogP contribution >= 0.6 is 0 Å². The van der Waals surface area contributed by atoms with Gasteiger partial charge in [0.05, 0.1) is 19.3 Å². The number of aromatic amines is 1. The van der Waals surface area contributed by atoms with Gasteiger partial charge in [-0.05, 0) is 50.3 Å². The van der Waals surface area contributed by atoms with E-state index in [1.54, 1.807) is 30.3 Å². The van der Waals surface area contributed by atoms with Gasteiger partial charge in [-0.25, -0.2) is 14.8 Å². The van der Waals surface area contributed by atoms with Crippen molar-refractivity contribution >= 4 is 0 Å². The van der Waals surface area contributed by atoms with Crippen molar-refractivity contribution in [1.29, 1.82) is 0 Å². The highest BCUT2D eigenvalue weighted by Gasteiger charge is 2.19. The minimum atomic E-state index is -0.316. The van der Waals surface area contributed by atoms with Gasteiger partial charge >= 0.3 is 5.69 Å². The van der Waals surface area contributed by atoms with E-state index < -0.39 is 0 Å². The Balaban J connectivity index is 1.68. The quantitative estimate of drug-likeness (QED) is 0.707. The molecule has 0 spiro atoms. The van der Waals surface area contributed by atoms with Gasteiger partial charge in [-0.2, -0.15) is 0 Å². The summed E-state index contributed by atoms with van der Waals surface area (Å²) in [7, 11) is 1.64. The van der Waals surface area contributed by atoms with Gasteiger partial charge in [-0.15, -0.1) is 0 Å². The zero-order chi connectivity index (χ0) is 19.5. The highest BCUT2D eigenvalue weighted by atomic mass is 16.5. The lowest BCUT2D eigenvalue weighted by atomic mass is 10.1. The van der Waals surface area contributed by atoms with Crippen molar-refractivity contribution < 1.29 is 9.47 Å². The molecule has 1 unspecified atom stereocenters. The van der Waals surface area contributed by atoms with Gasteiger partial charge in [0, 0.05) is 30.4 Å². The number of ether oxygens (including phenoxy) is 2. The average molecular weight is 380 g/mol. The van der Waals surface area contributed by atoms with E-state index >= 15 is 0 Å².